The van der Waals surface area contributed by atoms with Crippen LogP contribution in [0.1, 0.15) is 31.9 Å². The lowest BCUT2D eigenvalue weighted by atomic mass is 9.84. The molecular formula is C14H17NO3. The first kappa shape index (κ1) is 12.7. The smallest absolute Gasteiger partial charge is 0.161 e. The van der Waals surface area contributed by atoms with E-state index in [1.807, 2.05) is 0 Å². The van der Waals surface area contributed by atoms with E-state index in [2.05, 4.69) is 6.07 Å². The zero-order valence-electron chi connectivity index (χ0n) is 10.6. The van der Waals surface area contributed by atoms with Gasteiger partial charge in [0.05, 0.1) is 30.8 Å². The summed E-state index contributed by atoms with van der Waals surface area (Å²) in [4.78, 5) is 0. The number of nitriles is 1. The highest BCUT2D eigenvalue weighted by molar-refractivity contribution is 5.44. The maximum Gasteiger partial charge on any atom is 0.161 e. The van der Waals surface area contributed by atoms with E-state index in [0.717, 1.165) is 6.42 Å². The Labute approximate surface area is 107 Å². The van der Waals surface area contributed by atoms with Crippen LogP contribution in [0.4, 0.5) is 0 Å². The van der Waals surface area contributed by atoms with Crippen LogP contribution >= 0.6 is 0 Å². The second kappa shape index (κ2) is 4.87. The molecule has 0 saturated carbocycles. The third kappa shape index (κ3) is 2.41. The van der Waals surface area contributed by atoms with Crippen molar-refractivity contribution in [2.75, 3.05) is 13.2 Å². The summed E-state index contributed by atoms with van der Waals surface area (Å²) in [6.07, 6.45) is -0.00404. The Balaban J connectivity index is 2.31. The molecule has 0 spiro atoms. The minimum absolute atomic E-state index is 0.605. The van der Waals surface area contributed by atoms with E-state index in [4.69, 9.17) is 14.7 Å². The first-order chi connectivity index (χ1) is 8.54. The lowest BCUT2D eigenvalue weighted by Gasteiger charge is -2.23. The molecule has 1 N–H and O–H groups in total. The van der Waals surface area contributed by atoms with Gasteiger partial charge in [0.1, 0.15) is 0 Å². The van der Waals surface area contributed by atoms with Gasteiger partial charge in [0, 0.05) is 6.42 Å². The van der Waals surface area contributed by atoms with E-state index in [-0.39, 0.29) is 0 Å². The quantitative estimate of drug-likeness (QED) is 0.871. The van der Waals surface area contributed by atoms with Gasteiger partial charge in [-0.1, -0.05) is 6.07 Å². The molecule has 0 amide bonds. The molecule has 0 bridgehead atoms. The van der Waals surface area contributed by atoms with Gasteiger partial charge in [-0.15, -0.1) is 0 Å². The van der Waals surface area contributed by atoms with E-state index < -0.39 is 11.5 Å². The van der Waals surface area contributed by atoms with E-state index in [1.54, 1.807) is 32.0 Å². The van der Waals surface area contributed by atoms with Crippen molar-refractivity contribution in [1.29, 1.82) is 5.26 Å². The van der Waals surface area contributed by atoms with Crippen LogP contribution in [-0.2, 0) is 0 Å². The topological polar surface area (TPSA) is 62.5 Å². The van der Waals surface area contributed by atoms with Crippen LogP contribution in [0.3, 0.4) is 0 Å². The monoisotopic (exact) mass is 247 g/mol. The highest BCUT2D eigenvalue weighted by atomic mass is 16.5. The van der Waals surface area contributed by atoms with Crippen LogP contribution in [0, 0.1) is 16.7 Å². The molecule has 4 heteroatoms. The molecule has 0 fully saturated rings. The highest BCUT2D eigenvalue weighted by Gasteiger charge is 2.29. The molecule has 0 aliphatic carbocycles. The number of nitrogens with zero attached hydrogens (tertiary/aromatic N) is 1. The lowest BCUT2D eigenvalue weighted by Crippen LogP contribution is -2.19. The maximum absolute atomic E-state index is 10.2. The summed E-state index contributed by atoms with van der Waals surface area (Å²) < 4.78 is 11.1. The minimum Gasteiger partial charge on any atom is -0.490 e. The normalized spacial score (nSPS) is 16.6. The Hall–Kier alpha value is -1.73. The van der Waals surface area contributed by atoms with Gasteiger partial charge in [-0.2, -0.15) is 5.26 Å². The Morgan fingerprint density at radius 2 is 1.94 bits per heavy atom. The average Bonchev–Trinajstić information content (AvgIpc) is 2.62. The van der Waals surface area contributed by atoms with Gasteiger partial charge in [0.2, 0.25) is 0 Å². The fraction of sp³-hybridized carbons (Fsp3) is 0.500. The van der Waals surface area contributed by atoms with Gasteiger partial charge in [-0.3, -0.25) is 0 Å². The van der Waals surface area contributed by atoms with Crippen molar-refractivity contribution >= 4 is 0 Å². The second-order valence-electron chi connectivity index (χ2n) is 4.99. The molecule has 0 radical (unpaired) electrons. The molecule has 96 valence electrons. The zero-order valence-corrected chi connectivity index (χ0v) is 10.6. The van der Waals surface area contributed by atoms with Crippen molar-refractivity contribution in [3.63, 3.8) is 0 Å². The number of benzene rings is 1. The first-order valence-corrected chi connectivity index (χ1v) is 6.03. The fourth-order valence-corrected chi connectivity index (χ4v) is 1.83. The third-order valence-corrected chi connectivity index (χ3v) is 3.06. The number of hydrogen-bond acceptors (Lipinski definition) is 4. The predicted molar refractivity (Wildman–Crippen MR) is 66.4 cm³/mol. The number of ether oxygens (including phenoxy) is 2. The van der Waals surface area contributed by atoms with Crippen molar-refractivity contribution in [1.82, 2.24) is 0 Å². The number of fused-ring (bicyclic) bond motifs is 1. The summed E-state index contributed by atoms with van der Waals surface area (Å²) in [7, 11) is 0. The SMILES string of the molecule is CC(C)(C#N)C(O)c1ccc2c(c1)OCCCO2. The van der Waals surface area contributed by atoms with Crippen molar-refractivity contribution in [3.05, 3.63) is 23.8 Å². The molecule has 1 unspecified atom stereocenters. The Bertz CT molecular complexity index is 476. The van der Waals surface area contributed by atoms with Gasteiger partial charge < -0.3 is 14.6 Å². The summed E-state index contributed by atoms with van der Waals surface area (Å²) in [5.74, 6) is 1.33. The lowest BCUT2D eigenvalue weighted by molar-refractivity contribution is 0.0864. The summed E-state index contributed by atoms with van der Waals surface area (Å²) in [5.41, 5.74) is -0.161. The molecule has 1 aromatic rings. The number of rotatable bonds is 2. The van der Waals surface area contributed by atoms with Crippen molar-refractivity contribution in [2.45, 2.75) is 26.4 Å². The van der Waals surface area contributed by atoms with Crippen LogP contribution in [0.5, 0.6) is 11.5 Å². The van der Waals surface area contributed by atoms with Gasteiger partial charge in [-0.05, 0) is 31.5 Å². The maximum atomic E-state index is 10.2. The fourth-order valence-electron chi connectivity index (χ4n) is 1.83. The summed E-state index contributed by atoms with van der Waals surface area (Å²) in [5, 5.41) is 19.2. The number of aliphatic hydroxyl groups excluding tert-OH is 1. The zero-order chi connectivity index (χ0) is 13.2. The molecule has 18 heavy (non-hydrogen) atoms. The van der Waals surface area contributed by atoms with Crippen LogP contribution < -0.4 is 9.47 Å². The molecule has 1 aliphatic heterocycles. The molecule has 1 atom stereocenters. The second-order valence-corrected chi connectivity index (χ2v) is 4.99. The van der Waals surface area contributed by atoms with Crippen LogP contribution in [0.15, 0.2) is 18.2 Å². The number of hydrogen-bond donors (Lipinski definition) is 1. The van der Waals surface area contributed by atoms with E-state index >= 15 is 0 Å². The molecular weight excluding hydrogens is 230 g/mol. The number of aliphatic hydroxyl groups is 1. The molecule has 4 nitrogen and oxygen atoms in total. The third-order valence-electron chi connectivity index (χ3n) is 3.06. The first-order valence-electron chi connectivity index (χ1n) is 6.03. The van der Waals surface area contributed by atoms with E-state index in [9.17, 15) is 5.11 Å². The van der Waals surface area contributed by atoms with Crippen LogP contribution in [0.25, 0.3) is 0 Å². The Morgan fingerprint density at radius 1 is 1.28 bits per heavy atom. The Kier molecular flexibility index (Phi) is 3.44. The molecule has 2 rings (SSSR count). The minimum atomic E-state index is -0.848. The van der Waals surface area contributed by atoms with Gasteiger partial charge >= 0.3 is 0 Å². The predicted octanol–water partition coefficient (Wildman–Crippen LogP) is 2.43. The standard InChI is InChI=1S/C14H17NO3/c1-14(2,9-15)13(16)10-4-5-11-12(8-10)18-7-3-6-17-11/h4-5,8,13,16H,3,6-7H2,1-2H3. The molecule has 1 aliphatic rings. The molecule has 1 aromatic carbocycles. The van der Waals surface area contributed by atoms with Crippen LogP contribution in [0.2, 0.25) is 0 Å². The molecule has 0 aromatic heterocycles. The Morgan fingerprint density at radius 3 is 2.61 bits per heavy atom. The van der Waals surface area contributed by atoms with Crippen molar-refractivity contribution < 1.29 is 14.6 Å². The van der Waals surface area contributed by atoms with Crippen molar-refractivity contribution in [2.24, 2.45) is 5.41 Å². The van der Waals surface area contributed by atoms with Gasteiger partial charge in [0.15, 0.2) is 11.5 Å². The average molecular weight is 247 g/mol. The van der Waals surface area contributed by atoms with Gasteiger partial charge in [0.25, 0.3) is 0 Å². The van der Waals surface area contributed by atoms with E-state index in [1.165, 1.54) is 0 Å². The molecule has 0 saturated heterocycles. The summed E-state index contributed by atoms with van der Waals surface area (Å²) >= 11 is 0. The summed E-state index contributed by atoms with van der Waals surface area (Å²) in [6, 6.07) is 7.42. The molecule has 1 heterocycles. The highest BCUT2D eigenvalue weighted by Crippen LogP contribution is 2.37. The van der Waals surface area contributed by atoms with Gasteiger partial charge in [-0.25, -0.2) is 0 Å². The largest absolute Gasteiger partial charge is 0.490 e. The van der Waals surface area contributed by atoms with E-state index in [0.29, 0.717) is 30.3 Å². The summed E-state index contributed by atoms with van der Waals surface area (Å²) in [6.45, 7) is 4.66. The van der Waals surface area contributed by atoms with Crippen molar-refractivity contribution in [3.8, 4) is 17.6 Å². The van der Waals surface area contributed by atoms with Crippen LogP contribution in [-0.4, -0.2) is 18.3 Å².